The summed E-state index contributed by atoms with van der Waals surface area (Å²) < 4.78 is 37.8. The highest BCUT2D eigenvalue weighted by atomic mass is 35.5. The van der Waals surface area contributed by atoms with Gasteiger partial charge in [-0.05, 0) is 43.3 Å². The van der Waals surface area contributed by atoms with Crippen molar-refractivity contribution in [3.05, 3.63) is 52.7 Å². The van der Waals surface area contributed by atoms with E-state index >= 15 is 0 Å². The summed E-state index contributed by atoms with van der Waals surface area (Å²) in [5, 5.41) is 3.67. The number of aryl methyl sites for hydroxylation is 1. The molecule has 0 aliphatic carbocycles. The molecule has 0 aliphatic heterocycles. The molecular formula is C21H23ClN2O5S. The number of hydrogen-bond acceptors (Lipinski definition) is 5. The molecule has 2 aromatic carbocycles. The lowest BCUT2D eigenvalue weighted by atomic mass is 10.1. The molecule has 9 heteroatoms. The molecular weight excluding hydrogens is 428 g/mol. The van der Waals surface area contributed by atoms with Crippen LogP contribution in [-0.4, -0.2) is 38.8 Å². The molecule has 0 unspecified atom stereocenters. The second-order valence-corrected chi connectivity index (χ2v) is 8.95. The Morgan fingerprint density at radius 1 is 1.17 bits per heavy atom. The largest absolute Gasteiger partial charge is 0.495 e. The van der Waals surface area contributed by atoms with Crippen molar-refractivity contribution in [1.82, 2.24) is 4.31 Å². The Hall–Kier alpha value is -2.55. The maximum Gasteiger partial charge on any atom is 0.291 e. The summed E-state index contributed by atoms with van der Waals surface area (Å²) in [5.41, 5.74) is 1.47. The van der Waals surface area contributed by atoms with Gasteiger partial charge in [-0.3, -0.25) is 4.79 Å². The molecule has 0 saturated heterocycles. The SMILES string of the molecule is CCN(CC)S(=O)(=O)c1ccc2oc(C(=O)Nc3ccc(OC)c(Cl)c3)c(C)c2c1. The van der Waals surface area contributed by atoms with Gasteiger partial charge in [-0.2, -0.15) is 4.31 Å². The van der Waals surface area contributed by atoms with Gasteiger partial charge < -0.3 is 14.5 Å². The summed E-state index contributed by atoms with van der Waals surface area (Å²) in [6, 6.07) is 9.49. The molecule has 1 heterocycles. The third-order valence-corrected chi connectivity index (χ3v) is 7.21. The average molecular weight is 451 g/mol. The number of benzene rings is 2. The lowest BCUT2D eigenvalue weighted by Crippen LogP contribution is -2.30. The first-order valence-corrected chi connectivity index (χ1v) is 11.2. The van der Waals surface area contributed by atoms with E-state index in [1.807, 2.05) is 0 Å². The summed E-state index contributed by atoms with van der Waals surface area (Å²) >= 11 is 6.10. The number of furan rings is 1. The van der Waals surface area contributed by atoms with Crippen LogP contribution in [0.4, 0.5) is 5.69 Å². The second kappa shape index (κ2) is 8.67. The van der Waals surface area contributed by atoms with Crippen molar-refractivity contribution in [2.24, 2.45) is 0 Å². The quantitative estimate of drug-likeness (QED) is 0.564. The zero-order chi connectivity index (χ0) is 22.1. The standard InChI is InChI=1S/C21H23ClN2O5S/c1-5-24(6-2)30(26,27)15-8-10-18-16(12-15)13(3)20(29-18)21(25)23-14-7-9-19(28-4)17(22)11-14/h7-12H,5-6H2,1-4H3,(H,23,25). The Labute approximate surface area is 180 Å². The van der Waals surface area contributed by atoms with Crippen molar-refractivity contribution in [1.29, 1.82) is 0 Å². The van der Waals surface area contributed by atoms with Gasteiger partial charge in [-0.15, -0.1) is 0 Å². The molecule has 160 valence electrons. The van der Waals surface area contributed by atoms with E-state index in [1.54, 1.807) is 51.1 Å². The summed E-state index contributed by atoms with van der Waals surface area (Å²) in [6.07, 6.45) is 0. The minimum Gasteiger partial charge on any atom is -0.495 e. The van der Waals surface area contributed by atoms with E-state index in [9.17, 15) is 13.2 Å². The maximum absolute atomic E-state index is 12.8. The molecule has 0 bridgehead atoms. The fraction of sp³-hybridized carbons (Fsp3) is 0.286. The van der Waals surface area contributed by atoms with E-state index < -0.39 is 15.9 Å². The number of methoxy groups -OCH3 is 1. The monoisotopic (exact) mass is 450 g/mol. The summed E-state index contributed by atoms with van der Waals surface area (Å²) in [4.78, 5) is 12.9. The van der Waals surface area contributed by atoms with Crippen LogP contribution in [0.1, 0.15) is 30.0 Å². The molecule has 30 heavy (non-hydrogen) atoms. The Morgan fingerprint density at radius 3 is 2.47 bits per heavy atom. The smallest absolute Gasteiger partial charge is 0.291 e. The topological polar surface area (TPSA) is 88.9 Å². The predicted molar refractivity (Wildman–Crippen MR) is 117 cm³/mol. The first-order valence-electron chi connectivity index (χ1n) is 9.41. The molecule has 0 radical (unpaired) electrons. The molecule has 0 aliphatic rings. The van der Waals surface area contributed by atoms with Gasteiger partial charge in [0.2, 0.25) is 10.0 Å². The number of hydrogen-bond donors (Lipinski definition) is 1. The van der Waals surface area contributed by atoms with E-state index in [1.165, 1.54) is 17.5 Å². The maximum atomic E-state index is 12.8. The second-order valence-electron chi connectivity index (χ2n) is 6.61. The molecule has 0 atom stereocenters. The summed E-state index contributed by atoms with van der Waals surface area (Å²) in [6.45, 7) is 6.04. The van der Waals surface area contributed by atoms with E-state index in [0.717, 1.165) is 0 Å². The molecule has 3 aromatic rings. The predicted octanol–water partition coefficient (Wildman–Crippen LogP) is 4.69. The minimum absolute atomic E-state index is 0.106. The van der Waals surface area contributed by atoms with Crippen LogP contribution in [0.5, 0.6) is 5.75 Å². The van der Waals surface area contributed by atoms with Crippen LogP contribution in [0.25, 0.3) is 11.0 Å². The molecule has 7 nitrogen and oxygen atoms in total. The van der Waals surface area contributed by atoms with E-state index in [-0.39, 0.29) is 10.7 Å². The molecule has 1 N–H and O–H groups in total. The Morgan fingerprint density at radius 2 is 1.87 bits per heavy atom. The molecule has 0 spiro atoms. The third-order valence-electron chi connectivity index (χ3n) is 4.87. The fourth-order valence-corrected chi connectivity index (χ4v) is 4.96. The zero-order valence-electron chi connectivity index (χ0n) is 17.2. The number of rotatable bonds is 7. The van der Waals surface area contributed by atoms with Gasteiger partial charge in [-0.1, -0.05) is 25.4 Å². The van der Waals surface area contributed by atoms with Gasteiger partial charge in [-0.25, -0.2) is 8.42 Å². The number of sulfonamides is 1. The van der Waals surface area contributed by atoms with Gasteiger partial charge in [0.05, 0.1) is 17.0 Å². The number of carbonyl (C=O) groups is 1. The highest BCUT2D eigenvalue weighted by molar-refractivity contribution is 7.89. The van der Waals surface area contributed by atoms with Crippen LogP contribution in [0.3, 0.4) is 0 Å². The van der Waals surface area contributed by atoms with E-state index in [0.29, 0.717) is 46.1 Å². The Kier molecular flexibility index (Phi) is 6.40. The van der Waals surface area contributed by atoms with Crippen molar-refractivity contribution in [2.45, 2.75) is 25.7 Å². The number of ether oxygens (including phenoxy) is 1. The number of carbonyl (C=O) groups excluding carboxylic acids is 1. The number of amides is 1. The van der Waals surface area contributed by atoms with Gasteiger partial charge >= 0.3 is 0 Å². The number of nitrogens with zero attached hydrogens (tertiary/aromatic N) is 1. The number of fused-ring (bicyclic) bond motifs is 1. The molecule has 1 aromatic heterocycles. The summed E-state index contributed by atoms with van der Waals surface area (Å²) in [7, 11) is -2.11. The fourth-order valence-electron chi connectivity index (χ4n) is 3.22. The van der Waals surface area contributed by atoms with Crippen molar-refractivity contribution in [2.75, 3.05) is 25.5 Å². The van der Waals surface area contributed by atoms with Crippen LogP contribution < -0.4 is 10.1 Å². The normalized spacial score (nSPS) is 11.8. The highest BCUT2D eigenvalue weighted by Crippen LogP contribution is 2.31. The first kappa shape index (κ1) is 22.1. The van der Waals surface area contributed by atoms with Crippen LogP contribution in [0, 0.1) is 6.92 Å². The average Bonchev–Trinajstić information content (AvgIpc) is 3.05. The minimum atomic E-state index is -3.62. The molecule has 1 amide bonds. The van der Waals surface area contributed by atoms with Crippen LogP contribution in [0.2, 0.25) is 5.02 Å². The number of halogens is 1. The Balaban J connectivity index is 1.95. The van der Waals surface area contributed by atoms with Crippen molar-refractivity contribution < 1.29 is 22.4 Å². The number of anilines is 1. The van der Waals surface area contributed by atoms with Gasteiger partial charge in [0.15, 0.2) is 5.76 Å². The van der Waals surface area contributed by atoms with E-state index in [4.69, 9.17) is 20.8 Å². The van der Waals surface area contributed by atoms with Gasteiger partial charge in [0.1, 0.15) is 11.3 Å². The lowest BCUT2D eigenvalue weighted by Gasteiger charge is -2.18. The Bertz CT molecular complexity index is 1200. The van der Waals surface area contributed by atoms with Crippen molar-refractivity contribution in [3.63, 3.8) is 0 Å². The first-order chi connectivity index (χ1) is 14.2. The summed E-state index contributed by atoms with van der Waals surface area (Å²) in [5.74, 6) is 0.143. The van der Waals surface area contributed by atoms with Gasteiger partial charge in [0.25, 0.3) is 5.91 Å². The number of nitrogens with one attached hydrogen (secondary N) is 1. The van der Waals surface area contributed by atoms with Crippen molar-refractivity contribution >= 4 is 44.2 Å². The molecule has 3 rings (SSSR count). The molecule has 0 fully saturated rings. The zero-order valence-corrected chi connectivity index (χ0v) is 18.7. The van der Waals surface area contributed by atoms with Crippen LogP contribution >= 0.6 is 11.6 Å². The highest BCUT2D eigenvalue weighted by Gasteiger charge is 2.24. The van der Waals surface area contributed by atoms with E-state index in [2.05, 4.69) is 5.32 Å². The third kappa shape index (κ3) is 4.03. The van der Waals surface area contributed by atoms with Gasteiger partial charge in [0, 0.05) is 29.7 Å². The van der Waals surface area contributed by atoms with Crippen LogP contribution in [-0.2, 0) is 10.0 Å². The molecule has 0 saturated carbocycles. The lowest BCUT2D eigenvalue weighted by molar-refractivity contribution is 0.0998. The van der Waals surface area contributed by atoms with Crippen LogP contribution in [0.15, 0.2) is 45.7 Å². The van der Waals surface area contributed by atoms with Crippen molar-refractivity contribution in [3.8, 4) is 5.75 Å².